The summed E-state index contributed by atoms with van der Waals surface area (Å²) in [5.41, 5.74) is 1.35. The summed E-state index contributed by atoms with van der Waals surface area (Å²) in [5.74, 6) is 4.73. The number of phenolic OH excluding ortho intramolecular Hbond substituents is 1. The molecule has 0 saturated heterocycles. The van der Waals surface area contributed by atoms with Gasteiger partial charge in [-0.2, -0.15) is 0 Å². The van der Waals surface area contributed by atoms with Gasteiger partial charge < -0.3 is 10.4 Å². The summed E-state index contributed by atoms with van der Waals surface area (Å²) in [4.78, 5) is 11.1. The first-order chi connectivity index (χ1) is 6.63. The molecule has 0 bridgehead atoms. The molecule has 0 fully saturated rings. The molecule has 0 saturated carbocycles. The van der Waals surface area contributed by atoms with Gasteiger partial charge in [-0.25, -0.2) is 0 Å². The van der Waals surface area contributed by atoms with Gasteiger partial charge >= 0.3 is 0 Å². The SMILES string of the molecule is CC#CC(=O)Nc1ccc(O)c(C)c1. The largest absolute Gasteiger partial charge is 0.508 e. The molecule has 0 aromatic heterocycles. The Bertz CT molecular complexity index is 413. The maximum atomic E-state index is 11.1. The van der Waals surface area contributed by atoms with Crippen LogP contribution in [0.4, 0.5) is 5.69 Å². The van der Waals surface area contributed by atoms with Crippen LogP contribution in [0.25, 0.3) is 0 Å². The van der Waals surface area contributed by atoms with Crippen LogP contribution in [0.15, 0.2) is 18.2 Å². The summed E-state index contributed by atoms with van der Waals surface area (Å²) in [5, 5.41) is 11.8. The molecule has 0 atom stereocenters. The average Bonchev–Trinajstić information content (AvgIpc) is 2.12. The van der Waals surface area contributed by atoms with Crippen molar-refractivity contribution < 1.29 is 9.90 Å². The minimum Gasteiger partial charge on any atom is -0.508 e. The molecule has 1 amide bonds. The minimum atomic E-state index is -0.349. The van der Waals surface area contributed by atoms with E-state index < -0.39 is 0 Å². The van der Waals surface area contributed by atoms with E-state index in [1.54, 1.807) is 26.0 Å². The zero-order valence-corrected chi connectivity index (χ0v) is 8.09. The van der Waals surface area contributed by atoms with Gasteiger partial charge in [-0.3, -0.25) is 4.79 Å². The normalized spacial score (nSPS) is 8.71. The van der Waals surface area contributed by atoms with Crippen LogP contribution < -0.4 is 5.32 Å². The summed E-state index contributed by atoms with van der Waals surface area (Å²) < 4.78 is 0. The quantitative estimate of drug-likeness (QED) is 0.521. The van der Waals surface area contributed by atoms with Crippen molar-refractivity contribution in [2.45, 2.75) is 13.8 Å². The zero-order chi connectivity index (χ0) is 10.6. The number of carbonyl (C=O) groups excluding carboxylic acids is 1. The molecule has 1 aromatic rings. The first-order valence-electron chi connectivity index (χ1n) is 4.17. The second kappa shape index (κ2) is 4.33. The highest BCUT2D eigenvalue weighted by Crippen LogP contribution is 2.19. The molecule has 0 unspecified atom stereocenters. The van der Waals surface area contributed by atoms with Gasteiger partial charge in [0.2, 0.25) is 0 Å². The molecule has 1 aromatic carbocycles. The molecule has 0 aliphatic rings. The standard InChI is InChI=1S/C11H11NO2/c1-3-4-11(14)12-9-5-6-10(13)8(2)7-9/h5-7,13H,1-2H3,(H,12,14). The highest BCUT2D eigenvalue weighted by atomic mass is 16.3. The fourth-order valence-electron chi connectivity index (χ4n) is 1.01. The van der Waals surface area contributed by atoms with Crippen LogP contribution in [-0.4, -0.2) is 11.0 Å². The second-order valence-electron chi connectivity index (χ2n) is 2.83. The van der Waals surface area contributed by atoms with Gasteiger partial charge in [0.15, 0.2) is 0 Å². The zero-order valence-electron chi connectivity index (χ0n) is 8.09. The monoisotopic (exact) mass is 189 g/mol. The number of anilines is 1. The molecule has 3 heteroatoms. The van der Waals surface area contributed by atoms with Gasteiger partial charge in [-0.05, 0) is 43.5 Å². The number of nitrogens with one attached hydrogen (secondary N) is 1. The lowest BCUT2D eigenvalue weighted by Crippen LogP contribution is -2.08. The molecule has 3 nitrogen and oxygen atoms in total. The van der Waals surface area contributed by atoms with Crippen molar-refractivity contribution in [1.29, 1.82) is 0 Å². The second-order valence-corrected chi connectivity index (χ2v) is 2.83. The first kappa shape index (κ1) is 10.1. The van der Waals surface area contributed by atoms with E-state index in [-0.39, 0.29) is 11.7 Å². The van der Waals surface area contributed by atoms with Gasteiger partial charge in [-0.1, -0.05) is 5.92 Å². The molecular weight excluding hydrogens is 178 g/mol. The van der Waals surface area contributed by atoms with Crippen molar-refractivity contribution in [2.75, 3.05) is 5.32 Å². The molecule has 0 aliphatic heterocycles. The fourth-order valence-corrected chi connectivity index (χ4v) is 1.01. The van der Waals surface area contributed by atoms with Crippen molar-refractivity contribution in [2.24, 2.45) is 0 Å². The van der Waals surface area contributed by atoms with Crippen LogP contribution >= 0.6 is 0 Å². The van der Waals surface area contributed by atoms with Gasteiger partial charge in [-0.15, -0.1) is 0 Å². The number of rotatable bonds is 1. The Balaban J connectivity index is 2.81. The molecule has 0 spiro atoms. The van der Waals surface area contributed by atoms with E-state index in [9.17, 15) is 9.90 Å². The highest BCUT2D eigenvalue weighted by Gasteiger charge is 2.00. The summed E-state index contributed by atoms with van der Waals surface area (Å²) >= 11 is 0. The van der Waals surface area contributed by atoms with E-state index in [0.29, 0.717) is 11.3 Å². The molecule has 72 valence electrons. The van der Waals surface area contributed by atoms with Crippen molar-refractivity contribution in [3.63, 3.8) is 0 Å². The third kappa shape index (κ3) is 2.53. The van der Waals surface area contributed by atoms with E-state index in [2.05, 4.69) is 17.2 Å². The van der Waals surface area contributed by atoms with Gasteiger partial charge in [0.25, 0.3) is 5.91 Å². The maximum Gasteiger partial charge on any atom is 0.300 e. The molecule has 1 rings (SSSR count). The van der Waals surface area contributed by atoms with Crippen LogP contribution in [0.1, 0.15) is 12.5 Å². The minimum absolute atomic E-state index is 0.213. The Morgan fingerprint density at radius 3 is 2.79 bits per heavy atom. The van der Waals surface area contributed by atoms with Crippen LogP contribution in [0.2, 0.25) is 0 Å². The molecule has 0 aliphatic carbocycles. The fraction of sp³-hybridized carbons (Fsp3) is 0.182. The topological polar surface area (TPSA) is 49.3 Å². The van der Waals surface area contributed by atoms with Gasteiger partial charge in [0, 0.05) is 5.69 Å². The predicted molar refractivity (Wildman–Crippen MR) is 54.9 cm³/mol. The maximum absolute atomic E-state index is 11.1. The number of aromatic hydroxyl groups is 1. The van der Waals surface area contributed by atoms with Crippen LogP contribution in [0.5, 0.6) is 5.75 Å². The summed E-state index contributed by atoms with van der Waals surface area (Å²) in [6.45, 7) is 3.36. The number of benzene rings is 1. The lowest BCUT2D eigenvalue weighted by Gasteiger charge is -2.03. The molecular formula is C11H11NO2. The van der Waals surface area contributed by atoms with Crippen LogP contribution in [-0.2, 0) is 4.79 Å². The van der Waals surface area contributed by atoms with Crippen molar-refractivity contribution >= 4 is 11.6 Å². The Labute approximate surface area is 82.8 Å². The number of carbonyl (C=O) groups is 1. The van der Waals surface area contributed by atoms with Crippen molar-refractivity contribution in [3.8, 4) is 17.6 Å². The molecule has 0 radical (unpaired) electrons. The van der Waals surface area contributed by atoms with Crippen molar-refractivity contribution in [3.05, 3.63) is 23.8 Å². The van der Waals surface area contributed by atoms with E-state index in [0.717, 1.165) is 0 Å². The highest BCUT2D eigenvalue weighted by molar-refractivity contribution is 6.03. The van der Waals surface area contributed by atoms with E-state index in [1.807, 2.05) is 0 Å². The van der Waals surface area contributed by atoms with Crippen LogP contribution in [0.3, 0.4) is 0 Å². The van der Waals surface area contributed by atoms with E-state index in [4.69, 9.17) is 0 Å². The lowest BCUT2D eigenvalue weighted by molar-refractivity contribution is -0.111. The Kier molecular flexibility index (Phi) is 3.14. The predicted octanol–water partition coefficient (Wildman–Crippen LogP) is 1.66. The van der Waals surface area contributed by atoms with Crippen molar-refractivity contribution in [1.82, 2.24) is 0 Å². The van der Waals surface area contributed by atoms with Gasteiger partial charge in [0.1, 0.15) is 5.75 Å². The summed E-state index contributed by atoms with van der Waals surface area (Å²) in [7, 11) is 0. The number of phenols is 1. The Hall–Kier alpha value is -1.95. The number of amides is 1. The van der Waals surface area contributed by atoms with E-state index >= 15 is 0 Å². The Morgan fingerprint density at radius 2 is 2.21 bits per heavy atom. The van der Waals surface area contributed by atoms with E-state index in [1.165, 1.54) is 6.07 Å². The first-order valence-corrected chi connectivity index (χ1v) is 4.17. The molecule has 14 heavy (non-hydrogen) atoms. The number of aryl methyl sites for hydroxylation is 1. The number of hydrogen-bond acceptors (Lipinski definition) is 2. The smallest absolute Gasteiger partial charge is 0.300 e. The molecule has 2 N–H and O–H groups in total. The third-order valence-electron chi connectivity index (χ3n) is 1.69. The Morgan fingerprint density at radius 1 is 1.50 bits per heavy atom. The summed E-state index contributed by atoms with van der Waals surface area (Å²) in [6, 6.07) is 4.84. The molecule has 0 heterocycles. The van der Waals surface area contributed by atoms with Gasteiger partial charge in [0.05, 0.1) is 0 Å². The number of hydrogen-bond donors (Lipinski definition) is 2. The lowest BCUT2D eigenvalue weighted by atomic mass is 10.2. The van der Waals surface area contributed by atoms with Crippen LogP contribution in [0, 0.1) is 18.8 Å². The third-order valence-corrected chi connectivity index (χ3v) is 1.69. The average molecular weight is 189 g/mol. The summed E-state index contributed by atoms with van der Waals surface area (Å²) in [6.07, 6.45) is 0.